The third-order valence-corrected chi connectivity index (χ3v) is 4.83. The van der Waals surface area contributed by atoms with Crippen LogP contribution in [0.3, 0.4) is 0 Å². The molecule has 1 spiro atoms. The largest absolute Gasteiger partial charge is 0.384 e. The van der Waals surface area contributed by atoms with Crippen LogP contribution in [0.1, 0.15) is 32.1 Å². The molecule has 98 valence electrons. The number of rotatable bonds is 4. The minimum atomic E-state index is -2.39. The number of nitrogens with zero attached hydrogens (tertiary/aromatic N) is 1. The second-order valence-corrected chi connectivity index (χ2v) is 6.41. The lowest BCUT2D eigenvalue weighted by molar-refractivity contribution is 0.0139. The summed E-state index contributed by atoms with van der Waals surface area (Å²) in [7, 11) is 1.73. The second kappa shape index (κ2) is 3.64. The number of likely N-dealkylation sites (tertiary alicyclic amines) is 1. The van der Waals surface area contributed by atoms with Crippen molar-refractivity contribution < 1.29 is 13.5 Å². The van der Waals surface area contributed by atoms with E-state index < -0.39 is 11.3 Å². The first-order chi connectivity index (χ1) is 8.01. The maximum Gasteiger partial charge on any atom is 0.255 e. The van der Waals surface area contributed by atoms with Gasteiger partial charge >= 0.3 is 0 Å². The third kappa shape index (κ3) is 1.99. The van der Waals surface area contributed by atoms with Crippen molar-refractivity contribution >= 4 is 0 Å². The summed E-state index contributed by atoms with van der Waals surface area (Å²) in [4.78, 5) is 2.26. The van der Waals surface area contributed by atoms with Crippen LogP contribution in [0.25, 0.3) is 0 Å². The van der Waals surface area contributed by atoms with Gasteiger partial charge in [0.25, 0.3) is 5.92 Å². The molecule has 0 radical (unpaired) electrons. The summed E-state index contributed by atoms with van der Waals surface area (Å²) in [5, 5.41) is 0. The van der Waals surface area contributed by atoms with Crippen LogP contribution in [0.15, 0.2) is 0 Å². The molecule has 17 heavy (non-hydrogen) atoms. The molecule has 4 heteroatoms. The van der Waals surface area contributed by atoms with Gasteiger partial charge in [-0.3, -0.25) is 0 Å². The van der Waals surface area contributed by atoms with E-state index in [2.05, 4.69) is 4.90 Å². The van der Waals surface area contributed by atoms with Gasteiger partial charge in [0, 0.05) is 32.0 Å². The van der Waals surface area contributed by atoms with Gasteiger partial charge in [0.2, 0.25) is 0 Å². The van der Waals surface area contributed by atoms with Gasteiger partial charge in [0.05, 0.1) is 12.0 Å². The Kier molecular flexibility index (Phi) is 2.54. The molecule has 0 amide bonds. The zero-order valence-corrected chi connectivity index (χ0v) is 10.5. The molecule has 0 aromatic carbocycles. The summed E-state index contributed by atoms with van der Waals surface area (Å²) in [6, 6.07) is 0. The van der Waals surface area contributed by atoms with Crippen molar-refractivity contribution in [3.8, 4) is 0 Å². The second-order valence-electron chi connectivity index (χ2n) is 6.41. The summed E-state index contributed by atoms with van der Waals surface area (Å²) < 4.78 is 32.0. The minimum absolute atomic E-state index is 0.119. The number of hydrogen-bond donors (Lipinski definition) is 0. The highest BCUT2D eigenvalue weighted by molar-refractivity contribution is 5.13. The first kappa shape index (κ1) is 11.8. The van der Waals surface area contributed by atoms with Crippen LogP contribution < -0.4 is 0 Å². The predicted octanol–water partition coefficient (Wildman–Crippen LogP) is 2.53. The quantitative estimate of drug-likeness (QED) is 0.754. The lowest BCUT2D eigenvalue weighted by atomic mass is 9.93. The van der Waals surface area contributed by atoms with Crippen molar-refractivity contribution in [3.63, 3.8) is 0 Å². The number of halogens is 2. The van der Waals surface area contributed by atoms with Crippen LogP contribution in [0, 0.1) is 10.8 Å². The van der Waals surface area contributed by atoms with Crippen LogP contribution in [0.5, 0.6) is 0 Å². The molecule has 2 saturated carbocycles. The Hall–Kier alpha value is -0.220. The molecular formula is C13H21F2NO. The Morgan fingerprint density at radius 3 is 2.47 bits per heavy atom. The van der Waals surface area contributed by atoms with E-state index in [1.54, 1.807) is 7.11 Å². The highest BCUT2D eigenvalue weighted by atomic mass is 19.3. The molecule has 3 rings (SSSR count). The normalized spacial score (nSPS) is 38.3. The molecular weight excluding hydrogens is 224 g/mol. The molecule has 1 atom stereocenters. The van der Waals surface area contributed by atoms with Crippen LogP contribution in [-0.4, -0.2) is 44.2 Å². The molecule has 3 fully saturated rings. The average Bonchev–Trinajstić information content (AvgIpc) is 3.08. The molecule has 3 aliphatic rings. The zero-order chi connectivity index (χ0) is 12.1. The van der Waals surface area contributed by atoms with Crippen LogP contribution >= 0.6 is 0 Å². The molecule has 1 heterocycles. The van der Waals surface area contributed by atoms with Crippen LogP contribution in [0.2, 0.25) is 0 Å². The van der Waals surface area contributed by atoms with Gasteiger partial charge in [0.1, 0.15) is 0 Å². The van der Waals surface area contributed by atoms with E-state index in [1.165, 1.54) is 12.8 Å². The van der Waals surface area contributed by atoms with Gasteiger partial charge in [-0.25, -0.2) is 8.78 Å². The summed E-state index contributed by atoms with van der Waals surface area (Å²) in [6.07, 6.45) is 4.15. The minimum Gasteiger partial charge on any atom is -0.384 e. The number of piperidine rings is 1. The van der Waals surface area contributed by atoms with Gasteiger partial charge in [-0.05, 0) is 32.2 Å². The third-order valence-electron chi connectivity index (χ3n) is 4.83. The molecule has 0 N–H and O–H groups in total. The number of methoxy groups -OCH3 is 1. The SMILES string of the molecule is COCC1(CN2CCCC3(C2)CC3(F)F)CC1. The molecule has 2 nitrogen and oxygen atoms in total. The monoisotopic (exact) mass is 245 g/mol. The molecule has 2 aliphatic carbocycles. The van der Waals surface area contributed by atoms with Gasteiger partial charge in [-0.2, -0.15) is 0 Å². The molecule has 0 bridgehead atoms. The van der Waals surface area contributed by atoms with Crippen molar-refractivity contribution in [1.82, 2.24) is 4.90 Å². The smallest absolute Gasteiger partial charge is 0.255 e. The van der Waals surface area contributed by atoms with Crippen molar-refractivity contribution in [2.45, 2.75) is 38.0 Å². The van der Waals surface area contributed by atoms with E-state index in [0.29, 0.717) is 13.0 Å². The lowest BCUT2D eigenvalue weighted by Crippen LogP contribution is -2.42. The Labute approximate surface area is 101 Å². The van der Waals surface area contributed by atoms with Gasteiger partial charge in [-0.15, -0.1) is 0 Å². The number of ether oxygens (including phenoxy) is 1. The van der Waals surface area contributed by atoms with E-state index in [4.69, 9.17) is 4.74 Å². The molecule has 1 unspecified atom stereocenters. The predicted molar refractivity (Wildman–Crippen MR) is 61.2 cm³/mol. The zero-order valence-electron chi connectivity index (χ0n) is 10.5. The molecule has 0 aromatic heterocycles. The van der Waals surface area contributed by atoms with E-state index in [9.17, 15) is 8.78 Å². The fourth-order valence-electron chi connectivity index (χ4n) is 3.49. The molecule has 1 aliphatic heterocycles. The number of alkyl halides is 2. The van der Waals surface area contributed by atoms with E-state index in [0.717, 1.165) is 26.1 Å². The summed E-state index contributed by atoms with van der Waals surface area (Å²) in [5.41, 5.74) is -0.369. The Balaban J connectivity index is 1.58. The van der Waals surface area contributed by atoms with Crippen molar-refractivity contribution in [1.29, 1.82) is 0 Å². The first-order valence-electron chi connectivity index (χ1n) is 6.60. The van der Waals surface area contributed by atoms with E-state index >= 15 is 0 Å². The Bertz CT molecular complexity index is 317. The highest BCUT2D eigenvalue weighted by Crippen LogP contribution is 2.64. The van der Waals surface area contributed by atoms with Crippen molar-refractivity contribution in [2.75, 3.05) is 33.4 Å². The first-order valence-corrected chi connectivity index (χ1v) is 6.60. The lowest BCUT2D eigenvalue weighted by Gasteiger charge is -2.35. The van der Waals surface area contributed by atoms with E-state index in [1.807, 2.05) is 0 Å². The van der Waals surface area contributed by atoms with Gasteiger partial charge < -0.3 is 9.64 Å². The summed E-state index contributed by atoms with van der Waals surface area (Å²) >= 11 is 0. The van der Waals surface area contributed by atoms with Gasteiger partial charge in [0.15, 0.2) is 0 Å². The molecule has 1 saturated heterocycles. The van der Waals surface area contributed by atoms with E-state index in [-0.39, 0.29) is 11.8 Å². The van der Waals surface area contributed by atoms with Crippen molar-refractivity contribution in [3.05, 3.63) is 0 Å². The van der Waals surface area contributed by atoms with Crippen LogP contribution in [0.4, 0.5) is 8.78 Å². The fraction of sp³-hybridized carbons (Fsp3) is 1.00. The highest BCUT2D eigenvalue weighted by Gasteiger charge is 2.71. The van der Waals surface area contributed by atoms with Crippen LogP contribution in [-0.2, 0) is 4.74 Å². The average molecular weight is 245 g/mol. The standard InChI is InChI=1S/C13H21F2NO/c1-17-10-11(4-5-11)8-16-6-2-3-12(9-16)7-13(12,14)15/h2-10H2,1H3. The Morgan fingerprint density at radius 1 is 1.24 bits per heavy atom. The van der Waals surface area contributed by atoms with Crippen molar-refractivity contribution in [2.24, 2.45) is 10.8 Å². The topological polar surface area (TPSA) is 12.5 Å². The maximum absolute atomic E-state index is 13.4. The fourth-order valence-corrected chi connectivity index (χ4v) is 3.49. The molecule has 0 aromatic rings. The summed E-state index contributed by atoms with van der Waals surface area (Å²) in [6.45, 7) is 3.33. The Morgan fingerprint density at radius 2 is 1.94 bits per heavy atom. The maximum atomic E-state index is 13.4. The van der Waals surface area contributed by atoms with Gasteiger partial charge in [-0.1, -0.05) is 0 Å². The number of hydrogen-bond acceptors (Lipinski definition) is 2. The summed E-state index contributed by atoms with van der Waals surface area (Å²) in [5.74, 6) is -2.39.